The van der Waals surface area contributed by atoms with E-state index < -0.39 is 0 Å². The quantitative estimate of drug-likeness (QED) is 0.850. The third-order valence-corrected chi connectivity index (χ3v) is 4.23. The highest BCUT2D eigenvalue weighted by atomic mass is 16.4. The van der Waals surface area contributed by atoms with E-state index in [0.29, 0.717) is 18.3 Å². The lowest BCUT2D eigenvalue weighted by Crippen LogP contribution is -2.42. The Hall–Kier alpha value is -1.33. The smallest absolute Gasteiger partial charge is 0.226 e. The second-order valence-electron chi connectivity index (χ2n) is 6.00. The van der Waals surface area contributed by atoms with Gasteiger partial charge >= 0.3 is 0 Å². The zero-order chi connectivity index (χ0) is 13.9. The Morgan fingerprint density at radius 2 is 2.05 bits per heavy atom. The van der Waals surface area contributed by atoms with Crippen LogP contribution in [0.2, 0.25) is 0 Å². The molecule has 2 aliphatic rings. The van der Waals surface area contributed by atoms with E-state index in [2.05, 4.69) is 10.2 Å². The van der Waals surface area contributed by atoms with Gasteiger partial charge in [0.1, 0.15) is 12.0 Å². The summed E-state index contributed by atoms with van der Waals surface area (Å²) >= 11 is 0. The standard InChI is InChI=1S/C15H22N2O3/c18-14-7-13(20-10-15(14)19)9-17-5-3-12(4-6-17)16-8-11-1-2-11/h7,10-12,16,19H,1-6,8-9H2. The lowest BCUT2D eigenvalue weighted by Gasteiger charge is -2.32. The Morgan fingerprint density at radius 3 is 2.70 bits per heavy atom. The minimum atomic E-state index is -0.368. The number of hydrogen-bond donors (Lipinski definition) is 2. The monoisotopic (exact) mass is 278 g/mol. The summed E-state index contributed by atoms with van der Waals surface area (Å²) in [5, 5.41) is 12.8. The molecule has 0 amide bonds. The molecule has 0 unspecified atom stereocenters. The van der Waals surface area contributed by atoms with Gasteiger partial charge < -0.3 is 14.8 Å². The molecule has 1 saturated carbocycles. The van der Waals surface area contributed by atoms with Crippen molar-refractivity contribution >= 4 is 0 Å². The fourth-order valence-corrected chi connectivity index (χ4v) is 2.70. The summed E-state index contributed by atoms with van der Waals surface area (Å²) in [5.74, 6) is 1.23. The van der Waals surface area contributed by atoms with E-state index in [1.54, 1.807) is 0 Å². The van der Waals surface area contributed by atoms with E-state index in [-0.39, 0.29) is 11.2 Å². The van der Waals surface area contributed by atoms with Gasteiger partial charge in [-0.3, -0.25) is 9.69 Å². The van der Waals surface area contributed by atoms with Crippen LogP contribution in [0, 0.1) is 5.92 Å². The minimum Gasteiger partial charge on any atom is -0.502 e. The molecule has 2 N–H and O–H groups in total. The molecule has 0 aromatic carbocycles. The maximum atomic E-state index is 11.3. The van der Waals surface area contributed by atoms with Crippen molar-refractivity contribution in [2.45, 2.75) is 38.3 Å². The Kier molecular flexibility index (Phi) is 4.08. The van der Waals surface area contributed by atoms with Gasteiger partial charge in [-0.1, -0.05) is 0 Å². The molecule has 5 nitrogen and oxygen atoms in total. The summed E-state index contributed by atoms with van der Waals surface area (Å²) in [6.07, 6.45) is 6.21. The molecule has 1 aromatic heterocycles. The first-order valence-electron chi connectivity index (χ1n) is 7.47. The van der Waals surface area contributed by atoms with Crippen LogP contribution in [0.3, 0.4) is 0 Å². The minimum absolute atomic E-state index is 0.322. The van der Waals surface area contributed by atoms with E-state index in [9.17, 15) is 4.79 Å². The van der Waals surface area contributed by atoms with E-state index in [0.717, 1.165) is 38.1 Å². The molecule has 20 heavy (non-hydrogen) atoms. The number of hydrogen-bond acceptors (Lipinski definition) is 5. The molecular weight excluding hydrogens is 256 g/mol. The fourth-order valence-electron chi connectivity index (χ4n) is 2.70. The zero-order valence-electron chi connectivity index (χ0n) is 11.7. The molecular formula is C15H22N2O3. The average Bonchev–Trinajstić information content (AvgIpc) is 3.26. The molecule has 110 valence electrons. The van der Waals surface area contributed by atoms with Crippen LogP contribution in [0.25, 0.3) is 0 Å². The van der Waals surface area contributed by atoms with Gasteiger partial charge in [0.25, 0.3) is 0 Å². The van der Waals surface area contributed by atoms with Crippen molar-refractivity contribution in [3.63, 3.8) is 0 Å². The summed E-state index contributed by atoms with van der Waals surface area (Å²) in [6.45, 7) is 3.86. The molecule has 1 saturated heterocycles. The maximum Gasteiger partial charge on any atom is 0.226 e. The summed E-state index contributed by atoms with van der Waals surface area (Å²) in [6, 6.07) is 2.02. The topological polar surface area (TPSA) is 65.7 Å². The predicted molar refractivity (Wildman–Crippen MR) is 75.7 cm³/mol. The van der Waals surface area contributed by atoms with Gasteiger partial charge in [-0.25, -0.2) is 0 Å². The molecule has 1 aromatic rings. The van der Waals surface area contributed by atoms with Crippen molar-refractivity contribution in [2.75, 3.05) is 19.6 Å². The van der Waals surface area contributed by atoms with Crippen LogP contribution in [0.1, 0.15) is 31.4 Å². The molecule has 1 aliphatic carbocycles. The number of piperidine rings is 1. The van der Waals surface area contributed by atoms with Crippen LogP contribution in [-0.2, 0) is 6.54 Å². The van der Waals surface area contributed by atoms with Gasteiger partial charge in [0.15, 0.2) is 5.75 Å². The van der Waals surface area contributed by atoms with Crippen LogP contribution in [0.4, 0.5) is 0 Å². The fraction of sp³-hybridized carbons (Fsp3) is 0.667. The first-order valence-corrected chi connectivity index (χ1v) is 7.47. The molecule has 0 spiro atoms. The second-order valence-corrected chi connectivity index (χ2v) is 6.00. The first-order chi connectivity index (χ1) is 9.70. The van der Waals surface area contributed by atoms with E-state index in [1.165, 1.54) is 25.5 Å². The second kappa shape index (κ2) is 5.97. The van der Waals surface area contributed by atoms with Crippen molar-refractivity contribution in [1.82, 2.24) is 10.2 Å². The lowest BCUT2D eigenvalue weighted by atomic mass is 10.0. The van der Waals surface area contributed by atoms with Crippen LogP contribution >= 0.6 is 0 Å². The van der Waals surface area contributed by atoms with Gasteiger partial charge in [0, 0.05) is 25.2 Å². The van der Waals surface area contributed by atoms with Gasteiger partial charge in [-0.2, -0.15) is 0 Å². The number of nitrogens with zero attached hydrogens (tertiary/aromatic N) is 1. The number of rotatable bonds is 5. The zero-order valence-corrected chi connectivity index (χ0v) is 11.7. The van der Waals surface area contributed by atoms with Crippen molar-refractivity contribution in [2.24, 2.45) is 5.92 Å². The van der Waals surface area contributed by atoms with E-state index >= 15 is 0 Å². The summed E-state index contributed by atoms with van der Waals surface area (Å²) in [7, 11) is 0. The average molecular weight is 278 g/mol. The Balaban J connectivity index is 1.45. The Labute approximate surface area is 118 Å². The summed E-state index contributed by atoms with van der Waals surface area (Å²) in [4.78, 5) is 13.6. The van der Waals surface area contributed by atoms with Crippen LogP contribution in [0.5, 0.6) is 5.75 Å². The third kappa shape index (κ3) is 3.61. The molecule has 3 rings (SSSR count). The van der Waals surface area contributed by atoms with Crippen LogP contribution in [-0.4, -0.2) is 35.7 Å². The molecule has 0 bridgehead atoms. The highest BCUT2D eigenvalue weighted by Gasteiger charge is 2.24. The van der Waals surface area contributed by atoms with Crippen molar-refractivity contribution in [1.29, 1.82) is 0 Å². The van der Waals surface area contributed by atoms with Gasteiger partial charge in [-0.15, -0.1) is 0 Å². The maximum absolute atomic E-state index is 11.3. The SMILES string of the molecule is O=c1cc(CN2CCC(NCC3CC3)CC2)occ1O. The molecule has 2 fully saturated rings. The molecule has 1 aliphatic heterocycles. The van der Waals surface area contributed by atoms with Crippen LogP contribution in [0.15, 0.2) is 21.5 Å². The molecule has 0 atom stereocenters. The van der Waals surface area contributed by atoms with E-state index in [4.69, 9.17) is 9.52 Å². The van der Waals surface area contributed by atoms with E-state index in [1.807, 2.05) is 0 Å². The lowest BCUT2D eigenvalue weighted by molar-refractivity contribution is 0.176. The van der Waals surface area contributed by atoms with Crippen LogP contribution < -0.4 is 10.7 Å². The third-order valence-electron chi connectivity index (χ3n) is 4.23. The number of nitrogens with one attached hydrogen (secondary N) is 1. The molecule has 5 heteroatoms. The number of likely N-dealkylation sites (tertiary alicyclic amines) is 1. The van der Waals surface area contributed by atoms with Crippen molar-refractivity contribution < 1.29 is 9.52 Å². The Bertz CT molecular complexity index is 502. The predicted octanol–water partition coefficient (Wildman–Crippen LogP) is 1.31. The molecule has 0 radical (unpaired) electrons. The summed E-state index contributed by atoms with van der Waals surface area (Å²) < 4.78 is 5.25. The normalized spacial score (nSPS) is 21.2. The van der Waals surface area contributed by atoms with Crippen molar-refractivity contribution in [3.05, 3.63) is 28.3 Å². The Morgan fingerprint density at radius 1 is 1.30 bits per heavy atom. The highest BCUT2D eigenvalue weighted by molar-refractivity contribution is 5.15. The molecule has 2 heterocycles. The first kappa shape index (κ1) is 13.6. The largest absolute Gasteiger partial charge is 0.502 e. The highest BCUT2D eigenvalue weighted by Crippen LogP contribution is 2.28. The van der Waals surface area contributed by atoms with Gasteiger partial charge in [0.2, 0.25) is 5.43 Å². The van der Waals surface area contributed by atoms with Gasteiger partial charge in [-0.05, 0) is 38.1 Å². The number of aromatic hydroxyl groups is 1. The summed E-state index contributed by atoms with van der Waals surface area (Å²) in [5.41, 5.74) is -0.368. The van der Waals surface area contributed by atoms with Crippen molar-refractivity contribution in [3.8, 4) is 5.75 Å². The van der Waals surface area contributed by atoms with Gasteiger partial charge in [0.05, 0.1) is 6.54 Å².